The van der Waals surface area contributed by atoms with Gasteiger partial charge >= 0.3 is 6.03 Å². The maximum absolute atomic E-state index is 12.2. The van der Waals surface area contributed by atoms with Gasteiger partial charge < -0.3 is 19.7 Å². The fraction of sp³-hybridized carbons (Fsp3) is 0.391. The standard InChI is InChI=1S/C23H27N7O3/c1-15-13-33-12-10-30(15)22-18-14-32-11-8-19(18)25-21(27-22)16-3-5-17(6-4-16)24-23(31)26-20-7-9-29(2)28-20/h3-7,9,15H,8,10-14H2,1-2H3,(H2,24,26,28,31)/t15-/m0/s1. The van der Waals surface area contributed by atoms with Gasteiger partial charge in [0.15, 0.2) is 11.6 Å². The Morgan fingerprint density at radius 1 is 1.09 bits per heavy atom. The molecule has 2 aliphatic heterocycles. The molecular weight excluding hydrogens is 422 g/mol. The minimum absolute atomic E-state index is 0.233. The molecule has 0 aliphatic carbocycles. The van der Waals surface area contributed by atoms with Crippen molar-refractivity contribution in [2.24, 2.45) is 7.05 Å². The number of aromatic nitrogens is 4. The molecule has 1 saturated heterocycles. The summed E-state index contributed by atoms with van der Waals surface area (Å²) >= 11 is 0. The van der Waals surface area contributed by atoms with Crippen molar-refractivity contribution < 1.29 is 14.3 Å². The quantitative estimate of drug-likeness (QED) is 0.631. The summed E-state index contributed by atoms with van der Waals surface area (Å²) in [6.45, 7) is 5.49. The van der Waals surface area contributed by atoms with Gasteiger partial charge in [-0.15, -0.1) is 0 Å². The van der Waals surface area contributed by atoms with E-state index >= 15 is 0 Å². The number of urea groups is 1. The lowest BCUT2D eigenvalue weighted by atomic mass is 10.1. The van der Waals surface area contributed by atoms with Crippen molar-refractivity contribution in [3.8, 4) is 11.4 Å². The zero-order chi connectivity index (χ0) is 22.8. The van der Waals surface area contributed by atoms with E-state index in [1.54, 1.807) is 24.0 Å². The van der Waals surface area contributed by atoms with Gasteiger partial charge in [-0.3, -0.25) is 10.00 Å². The Hall–Kier alpha value is -3.50. The summed E-state index contributed by atoms with van der Waals surface area (Å²) in [6, 6.07) is 9.14. The highest BCUT2D eigenvalue weighted by Crippen LogP contribution is 2.31. The number of ether oxygens (including phenoxy) is 2. The van der Waals surface area contributed by atoms with Gasteiger partial charge in [0.05, 0.1) is 38.2 Å². The first-order chi connectivity index (χ1) is 16.1. The predicted octanol–water partition coefficient (Wildman–Crippen LogP) is 2.82. The van der Waals surface area contributed by atoms with E-state index in [1.165, 1.54) is 0 Å². The van der Waals surface area contributed by atoms with E-state index in [4.69, 9.17) is 19.4 Å². The van der Waals surface area contributed by atoms with E-state index in [0.717, 1.165) is 35.6 Å². The topological polar surface area (TPSA) is 106 Å². The molecule has 0 bridgehead atoms. The molecule has 0 radical (unpaired) electrons. The molecule has 10 heteroatoms. The largest absolute Gasteiger partial charge is 0.377 e. The van der Waals surface area contributed by atoms with Crippen LogP contribution in [-0.2, 0) is 29.5 Å². The van der Waals surface area contributed by atoms with Crippen molar-refractivity contribution in [3.05, 3.63) is 47.8 Å². The number of benzene rings is 1. The monoisotopic (exact) mass is 449 g/mol. The van der Waals surface area contributed by atoms with Crippen LogP contribution in [0.2, 0.25) is 0 Å². The minimum Gasteiger partial charge on any atom is -0.377 e. The first-order valence-electron chi connectivity index (χ1n) is 11.1. The van der Waals surface area contributed by atoms with Crippen LogP contribution >= 0.6 is 0 Å². The Balaban J connectivity index is 1.37. The van der Waals surface area contributed by atoms with Crippen molar-refractivity contribution in [1.82, 2.24) is 19.7 Å². The molecular formula is C23H27N7O3. The third-order valence-corrected chi connectivity index (χ3v) is 5.80. The first-order valence-corrected chi connectivity index (χ1v) is 11.1. The van der Waals surface area contributed by atoms with Gasteiger partial charge in [0, 0.05) is 49.1 Å². The summed E-state index contributed by atoms with van der Waals surface area (Å²) in [5.41, 5.74) is 3.67. The molecule has 5 rings (SSSR count). The molecule has 2 N–H and O–H groups in total. The normalized spacial score (nSPS) is 18.0. The van der Waals surface area contributed by atoms with Crippen molar-refractivity contribution in [3.63, 3.8) is 0 Å². The highest BCUT2D eigenvalue weighted by molar-refractivity contribution is 5.99. The van der Waals surface area contributed by atoms with Crippen LogP contribution in [0, 0.1) is 0 Å². The molecule has 2 amide bonds. The highest BCUT2D eigenvalue weighted by Gasteiger charge is 2.27. The summed E-state index contributed by atoms with van der Waals surface area (Å²) in [5, 5.41) is 9.66. The van der Waals surface area contributed by atoms with Crippen LogP contribution < -0.4 is 15.5 Å². The fourth-order valence-corrected chi connectivity index (χ4v) is 4.09. The molecule has 33 heavy (non-hydrogen) atoms. The lowest BCUT2D eigenvalue weighted by Crippen LogP contribution is -2.45. The van der Waals surface area contributed by atoms with Gasteiger partial charge in [0.2, 0.25) is 0 Å². The Morgan fingerprint density at radius 3 is 2.70 bits per heavy atom. The second-order valence-corrected chi connectivity index (χ2v) is 8.25. The van der Waals surface area contributed by atoms with Gasteiger partial charge in [-0.2, -0.15) is 5.10 Å². The van der Waals surface area contributed by atoms with Crippen molar-refractivity contribution >= 4 is 23.4 Å². The zero-order valence-corrected chi connectivity index (χ0v) is 18.7. The molecule has 0 unspecified atom stereocenters. The minimum atomic E-state index is -0.352. The van der Waals surface area contributed by atoms with Gasteiger partial charge in [0.1, 0.15) is 5.82 Å². The van der Waals surface area contributed by atoms with E-state index < -0.39 is 0 Å². The van der Waals surface area contributed by atoms with Gasteiger partial charge in [-0.05, 0) is 31.2 Å². The van der Waals surface area contributed by atoms with Crippen LogP contribution in [0.25, 0.3) is 11.4 Å². The lowest BCUT2D eigenvalue weighted by molar-refractivity contribution is 0.0952. The SMILES string of the molecule is C[C@H]1COCCN1c1nc(-c2ccc(NC(=O)Nc3ccn(C)n3)cc2)nc2c1COCC2. The molecule has 2 aromatic heterocycles. The Bertz CT molecular complexity index is 1150. The number of aryl methyl sites for hydroxylation is 1. The molecule has 0 saturated carbocycles. The van der Waals surface area contributed by atoms with Crippen molar-refractivity contribution in [1.29, 1.82) is 0 Å². The Kier molecular flexibility index (Phi) is 5.93. The number of hydrogen-bond acceptors (Lipinski definition) is 7. The first kappa shape index (κ1) is 21.4. The van der Waals surface area contributed by atoms with E-state index in [1.807, 2.05) is 24.3 Å². The molecule has 4 heterocycles. The molecule has 172 valence electrons. The molecule has 1 fully saturated rings. The third kappa shape index (κ3) is 4.67. The van der Waals surface area contributed by atoms with Crippen LogP contribution in [0.15, 0.2) is 36.5 Å². The number of morpholine rings is 1. The maximum Gasteiger partial charge on any atom is 0.324 e. The number of anilines is 3. The fourth-order valence-electron chi connectivity index (χ4n) is 4.09. The number of amides is 2. The maximum atomic E-state index is 12.2. The lowest BCUT2D eigenvalue weighted by Gasteiger charge is -2.36. The van der Waals surface area contributed by atoms with Crippen LogP contribution in [0.1, 0.15) is 18.2 Å². The van der Waals surface area contributed by atoms with E-state index in [2.05, 4.69) is 27.6 Å². The van der Waals surface area contributed by atoms with Crippen LogP contribution in [0.4, 0.5) is 22.1 Å². The van der Waals surface area contributed by atoms with Gasteiger partial charge in [-0.25, -0.2) is 14.8 Å². The molecule has 1 atom stereocenters. The van der Waals surface area contributed by atoms with Crippen LogP contribution in [0.5, 0.6) is 0 Å². The molecule has 2 aliphatic rings. The molecule has 3 aromatic rings. The third-order valence-electron chi connectivity index (χ3n) is 5.80. The molecule has 0 spiro atoms. The second-order valence-electron chi connectivity index (χ2n) is 8.25. The number of nitrogens with one attached hydrogen (secondary N) is 2. The Morgan fingerprint density at radius 2 is 1.94 bits per heavy atom. The van der Waals surface area contributed by atoms with Crippen LogP contribution in [0.3, 0.4) is 0 Å². The predicted molar refractivity (Wildman–Crippen MR) is 124 cm³/mol. The highest BCUT2D eigenvalue weighted by atomic mass is 16.5. The van der Waals surface area contributed by atoms with Crippen molar-refractivity contribution in [2.75, 3.05) is 41.9 Å². The summed E-state index contributed by atoms with van der Waals surface area (Å²) in [4.78, 5) is 24.3. The number of nitrogens with zero attached hydrogens (tertiary/aromatic N) is 5. The average molecular weight is 450 g/mol. The Labute approximate surface area is 191 Å². The summed E-state index contributed by atoms with van der Waals surface area (Å²) < 4.78 is 13.0. The van der Waals surface area contributed by atoms with E-state index in [-0.39, 0.29) is 12.1 Å². The number of hydrogen-bond donors (Lipinski definition) is 2. The van der Waals surface area contributed by atoms with E-state index in [0.29, 0.717) is 43.8 Å². The zero-order valence-electron chi connectivity index (χ0n) is 18.7. The van der Waals surface area contributed by atoms with E-state index in [9.17, 15) is 4.79 Å². The van der Waals surface area contributed by atoms with Gasteiger partial charge in [0.25, 0.3) is 0 Å². The summed E-state index contributed by atoms with van der Waals surface area (Å²) in [6.07, 6.45) is 2.53. The second kappa shape index (κ2) is 9.16. The summed E-state index contributed by atoms with van der Waals surface area (Å²) in [7, 11) is 1.79. The number of fused-ring (bicyclic) bond motifs is 1. The number of rotatable bonds is 4. The smallest absolute Gasteiger partial charge is 0.324 e. The van der Waals surface area contributed by atoms with Crippen molar-refractivity contribution in [2.45, 2.75) is 26.0 Å². The average Bonchev–Trinajstić information content (AvgIpc) is 3.23. The molecule has 1 aromatic carbocycles. The van der Waals surface area contributed by atoms with Gasteiger partial charge in [-0.1, -0.05) is 0 Å². The summed E-state index contributed by atoms with van der Waals surface area (Å²) in [5.74, 6) is 2.10. The number of carbonyl (C=O) groups excluding carboxylic acids is 1. The molecule has 10 nitrogen and oxygen atoms in total. The number of carbonyl (C=O) groups is 1. The van der Waals surface area contributed by atoms with Crippen LogP contribution in [-0.4, -0.2) is 58.2 Å².